The van der Waals surface area contributed by atoms with E-state index in [9.17, 15) is 4.39 Å². The minimum Gasteiger partial charge on any atom is -0.456 e. The third-order valence-corrected chi connectivity index (χ3v) is 2.05. The SMILES string of the molecule is Fc1ccc(Oc2cccnc2)cc1Cl. The molecule has 1 aromatic carbocycles. The monoisotopic (exact) mass is 223 g/mol. The van der Waals surface area contributed by atoms with Gasteiger partial charge in [0.1, 0.15) is 17.3 Å². The lowest BCUT2D eigenvalue weighted by molar-refractivity contribution is 0.478. The first-order valence-electron chi connectivity index (χ1n) is 4.28. The summed E-state index contributed by atoms with van der Waals surface area (Å²) in [6.45, 7) is 0. The zero-order chi connectivity index (χ0) is 10.7. The fraction of sp³-hybridized carbons (Fsp3) is 0. The summed E-state index contributed by atoms with van der Waals surface area (Å²) in [5, 5.41) is 0.0383. The van der Waals surface area contributed by atoms with E-state index in [4.69, 9.17) is 16.3 Å². The van der Waals surface area contributed by atoms with Crippen LogP contribution in [0, 0.1) is 5.82 Å². The average molecular weight is 224 g/mol. The predicted molar refractivity (Wildman–Crippen MR) is 55.7 cm³/mol. The van der Waals surface area contributed by atoms with E-state index in [1.54, 1.807) is 24.5 Å². The van der Waals surface area contributed by atoms with Crippen LogP contribution < -0.4 is 4.74 Å². The molecular weight excluding hydrogens is 217 g/mol. The van der Waals surface area contributed by atoms with Gasteiger partial charge in [0.05, 0.1) is 11.2 Å². The summed E-state index contributed by atoms with van der Waals surface area (Å²) in [4.78, 5) is 3.89. The van der Waals surface area contributed by atoms with Crippen molar-refractivity contribution in [2.75, 3.05) is 0 Å². The number of ether oxygens (including phenoxy) is 1. The van der Waals surface area contributed by atoms with Gasteiger partial charge in [0, 0.05) is 12.3 Å². The summed E-state index contributed by atoms with van der Waals surface area (Å²) in [5.41, 5.74) is 0. The molecular formula is C11H7ClFNO. The Kier molecular flexibility index (Phi) is 2.83. The van der Waals surface area contributed by atoms with Crippen molar-refractivity contribution in [3.63, 3.8) is 0 Å². The Morgan fingerprint density at radius 3 is 2.73 bits per heavy atom. The van der Waals surface area contributed by atoms with Gasteiger partial charge in [-0.2, -0.15) is 0 Å². The Hall–Kier alpha value is -1.61. The third-order valence-electron chi connectivity index (χ3n) is 1.76. The van der Waals surface area contributed by atoms with Crippen LogP contribution in [0.25, 0.3) is 0 Å². The van der Waals surface area contributed by atoms with Gasteiger partial charge in [0.15, 0.2) is 0 Å². The van der Waals surface area contributed by atoms with E-state index in [0.29, 0.717) is 11.5 Å². The molecule has 2 rings (SSSR count). The van der Waals surface area contributed by atoms with Crippen molar-refractivity contribution in [2.45, 2.75) is 0 Å². The number of benzene rings is 1. The number of halogens is 2. The Bertz CT molecular complexity index is 461. The van der Waals surface area contributed by atoms with Gasteiger partial charge in [-0.05, 0) is 24.3 Å². The fourth-order valence-corrected chi connectivity index (χ4v) is 1.25. The van der Waals surface area contributed by atoms with Crippen LogP contribution in [0.4, 0.5) is 4.39 Å². The number of hydrogen-bond acceptors (Lipinski definition) is 2. The molecule has 0 saturated heterocycles. The molecule has 76 valence electrons. The lowest BCUT2D eigenvalue weighted by Gasteiger charge is -2.05. The van der Waals surface area contributed by atoms with Crippen molar-refractivity contribution in [3.8, 4) is 11.5 Å². The van der Waals surface area contributed by atoms with Crippen molar-refractivity contribution >= 4 is 11.6 Å². The number of pyridine rings is 1. The van der Waals surface area contributed by atoms with Crippen molar-refractivity contribution in [3.05, 3.63) is 53.6 Å². The molecule has 0 aliphatic rings. The van der Waals surface area contributed by atoms with Crippen LogP contribution in [-0.2, 0) is 0 Å². The Labute approximate surface area is 91.3 Å². The first-order valence-corrected chi connectivity index (χ1v) is 4.66. The van der Waals surface area contributed by atoms with E-state index in [-0.39, 0.29) is 5.02 Å². The van der Waals surface area contributed by atoms with Crippen LogP contribution in [0.15, 0.2) is 42.7 Å². The second kappa shape index (κ2) is 4.28. The molecule has 0 spiro atoms. The molecule has 0 unspecified atom stereocenters. The highest BCUT2D eigenvalue weighted by Crippen LogP contribution is 2.25. The maximum absolute atomic E-state index is 12.8. The second-order valence-electron chi connectivity index (χ2n) is 2.87. The second-order valence-corrected chi connectivity index (χ2v) is 3.27. The van der Waals surface area contributed by atoms with Crippen LogP contribution in [0.5, 0.6) is 11.5 Å². The standard InChI is InChI=1S/C11H7ClFNO/c12-10-6-8(3-4-11(10)13)15-9-2-1-5-14-7-9/h1-7H. The van der Waals surface area contributed by atoms with Crippen LogP contribution in [0.2, 0.25) is 5.02 Å². The average Bonchev–Trinajstić information content (AvgIpc) is 2.25. The molecule has 1 aromatic heterocycles. The van der Waals surface area contributed by atoms with Gasteiger partial charge in [-0.3, -0.25) is 4.98 Å². The highest BCUT2D eigenvalue weighted by molar-refractivity contribution is 6.30. The van der Waals surface area contributed by atoms with Gasteiger partial charge >= 0.3 is 0 Å². The Morgan fingerprint density at radius 2 is 2.07 bits per heavy atom. The molecule has 0 fully saturated rings. The highest BCUT2D eigenvalue weighted by Gasteiger charge is 2.02. The van der Waals surface area contributed by atoms with E-state index in [1.807, 2.05) is 0 Å². The summed E-state index contributed by atoms with van der Waals surface area (Å²) in [5.74, 6) is 0.602. The van der Waals surface area contributed by atoms with E-state index in [0.717, 1.165) is 0 Å². The summed E-state index contributed by atoms with van der Waals surface area (Å²) in [6.07, 6.45) is 3.21. The molecule has 0 aliphatic heterocycles. The van der Waals surface area contributed by atoms with Gasteiger partial charge in [0.25, 0.3) is 0 Å². The van der Waals surface area contributed by atoms with Crippen molar-refractivity contribution in [1.82, 2.24) is 4.98 Å². The first kappa shape index (κ1) is 9.93. The fourth-order valence-electron chi connectivity index (χ4n) is 1.08. The van der Waals surface area contributed by atoms with Crippen LogP contribution >= 0.6 is 11.6 Å². The summed E-state index contributed by atoms with van der Waals surface area (Å²) in [7, 11) is 0. The quantitative estimate of drug-likeness (QED) is 0.775. The maximum Gasteiger partial charge on any atom is 0.145 e. The van der Waals surface area contributed by atoms with Crippen LogP contribution in [-0.4, -0.2) is 4.98 Å². The van der Waals surface area contributed by atoms with Gasteiger partial charge in [-0.25, -0.2) is 4.39 Å². The summed E-state index contributed by atoms with van der Waals surface area (Å²) < 4.78 is 18.2. The van der Waals surface area contributed by atoms with Crippen molar-refractivity contribution < 1.29 is 9.13 Å². The normalized spacial score (nSPS) is 10.0. The number of rotatable bonds is 2. The zero-order valence-electron chi connectivity index (χ0n) is 7.65. The molecule has 0 amide bonds. The Morgan fingerprint density at radius 1 is 1.20 bits per heavy atom. The van der Waals surface area contributed by atoms with Gasteiger partial charge < -0.3 is 4.74 Å². The molecule has 1 heterocycles. The van der Waals surface area contributed by atoms with Gasteiger partial charge in [0.2, 0.25) is 0 Å². The molecule has 2 aromatic rings. The minimum absolute atomic E-state index is 0.0383. The van der Waals surface area contributed by atoms with E-state index in [1.165, 1.54) is 18.2 Å². The smallest absolute Gasteiger partial charge is 0.145 e. The molecule has 0 saturated carbocycles. The molecule has 2 nitrogen and oxygen atoms in total. The first-order chi connectivity index (χ1) is 7.25. The predicted octanol–water partition coefficient (Wildman–Crippen LogP) is 3.67. The summed E-state index contributed by atoms with van der Waals surface area (Å²) >= 11 is 5.61. The minimum atomic E-state index is -0.463. The highest BCUT2D eigenvalue weighted by atomic mass is 35.5. The maximum atomic E-state index is 12.8. The van der Waals surface area contributed by atoms with E-state index < -0.39 is 5.82 Å². The Balaban J connectivity index is 2.22. The van der Waals surface area contributed by atoms with Crippen LogP contribution in [0.3, 0.4) is 0 Å². The molecule has 0 atom stereocenters. The zero-order valence-corrected chi connectivity index (χ0v) is 8.41. The molecule has 4 heteroatoms. The lowest BCUT2D eigenvalue weighted by atomic mass is 10.3. The topological polar surface area (TPSA) is 22.1 Å². The lowest BCUT2D eigenvalue weighted by Crippen LogP contribution is -1.85. The molecule has 15 heavy (non-hydrogen) atoms. The van der Waals surface area contributed by atoms with Crippen LogP contribution in [0.1, 0.15) is 0 Å². The van der Waals surface area contributed by atoms with Gasteiger partial charge in [-0.15, -0.1) is 0 Å². The molecule has 0 N–H and O–H groups in total. The van der Waals surface area contributed by atoms with E-state index in [2.05, 4.69) is 4.98 Å². The van der Waals surface area contributed by atoms with Gasteiger partial charge in [-0.1, -0.05) is 11.6 Å². The third kappa shape index (κ3) is 2.44. The number of nitrogens with zero attached hydrogens (tertiary/aromatic N) is 1. The number of aromatic nitrogens is 1. The molecule has 0 aliphatic carbocycles. The summed E-state index contributed by atoms with van der Waals surface area (Å²) in [6, 6.07) is 7.69. The van der Waals surface area contributed by atoms with E-state index >= 15 is 0 Å². The molecule has 0 bridgehead atoms. The number of hydrogen-bond donors (Lipinski definition) is 0. The van der Waals surface area contributed by atoms with Crippen molar-refractivity contribution in [2.24, 2.45) is 0 Å². The largest absolute Gasteiger partial charge is 0.456 e. The van der Waals surface area contributed by atoms with Crippen molar-refractivity contribution in [1.29, 1.82) is 0 Å². The molecule has 0 radical (unpaired) electrons.